The van der Waals surface area contributed by atoms with Crippen molar-refractivity contribution in [3.8, 4) is 0 Å². The highest BCUT2D eigenvalue weighted by Gasteiger charge is 2.48. The molecule has 40 heavy (non-hydrogen) atoms. The van der Waals surface area contributed by atoms with Crippen LogP contribution < -0.4 is 21.6 Å². The molecule has 0 aromatic heterocycles. The highest BCUT2D eigenvalue weighted by molar-refractivity contribution is 6.01. The van der Waals surface area contributed by atoms with Gasteiger partial charge in [0.25, 0.3) is 0 Å². The topological polar surface area (TPSA) is 244 Å². The molecule has 226 valence electrons. The van der Waals surface area contributed by atoms with Gasteiger partial charge in [0.1, 0.15) is 35.6 Å². The van der Waals surface area contributed by atoms with E-state index in [4.69, 9.17) is 24.5 Å². The largest absolute Gasteiger partial charge is 0.444 e. The number of amides is 2. The molecule has 2 aliphatic heterocycles. The van der Waals surface area contributed by atoms with Gasteiger partial charge in [0.05, 0.1) is 25.5 Å². The number of azide groups is 1. The molecule has 0 aromatic rings. The second-order valence-electron chi connectivity index (χ2n) is 10.7. The van der Waals surface area contributed by atoms with E-state index in [1.807, 2.05) is 0 Å². The molecule has 7 N–H and O–H groups in total. The molecule has 1 fully saturated rings. The van der Waals surface area contributed by atoms with Crippen molar-refractivity contribution in [2.75, 3.05) is 26.3 Å². The minimum atomic E-state index is -1.44. The Labute approximate surface area is 231 Å². The van der Waals surface area contributed by atoms with E-state index in [0.29, 0.717) is 5.70 Å². The predicted octanol–water partition coefficient (Wildman–Crippen LogP) is -0.307. The van der Waals surface area contributed by atoms with Gasteiger partial charge in [-0.2, -0.15) is 0 Å². The standard InChI is InChI=1S/C22H39N9O9/c1-21(2,3)39-19(35)26-18(27-20(36)40-22(4,5)6)24-9-12-10-31(30-28-12)14-16(34)15(33)13(11-32)38-17(14)37-8-7-25-29-23/h10,13-17,28,30,32-34H,7-9,11H2,1-6H3,(H2,24,26,27,35,36)/t13?,14?,15-,16-,17+/m1/s1. The molecule has 0 aromatic carbocycles. The fourth-order valence-corrected chi connectivity index (χ4v) is 3.44. The molecular weight excluding hydrogens is 534 g/mol. The second kappa shape index (κ2) is 14.3. The minimum Gasteiger partial charge on any atom is -0.444 e. The number of rotatable bonds is 8. The van der Waals surface area contributed by atoms with E-state index in [1.54, 1.807) is 41.5 Å². The summed E-state index contributed by atoms with van der Waals surface area (Å²) in [6.07, 6.45) is -5.34. The maximum atomic E-state index is 12.3. The van der Waals surface area contributed by atoms with Crippen molar-refractivity contribution in [3.63, 3.8) is 0 Å². The monoisotopic (exact) mass is 573 g/mol. The Kier molecular flexibility index (Phi) is 11.7. The number of guanidine groups is 1. The average molecular weight is 574 g/mol. The first kappa shape index (κ1) is 32.8. The minimum absolute atomic E-state index is 0.00885. The fraction of sp³-hybridized carbons (Fsp3) is 0.773. The summed E-state index contributed by atoms with van der Waals surface area (Å²) in [6, 6.07) is -1.02. The molecule has 18 nitrogen and oxygen atoms in total. The van der Waals surface area contributed by atoms with Crippen LogP contribution in [-0.2, 0) is 18.9 Å². The van der Waals surface area contributed by atoms with Gasteiger partial charge < -0.3 is 39.7 Å². The molecule has 1 saturated heterocycles. The van der Waals surface area contributed by atoms with Crippen LogP contribution in [0, 0.1) is 0 Å². The summed E-state index contributed by atoms with van der Waals surface area (Å²) in [6.45, 7) is 9.31. The maximum Gasteiger partial charge on any atom is 0.414 e. The molecule has 2 aliphatic rings. The molecule has 0 radical (unpaired) electrons. The number of aliphatic imine (C=N–C) groups is 1. The van der Waals surface area contributed by atoms with E-state index in [2.05, 4.69) is 36.6 Å². The number of hydrogen-bond donors (Lipinski definition) is 7. The molecule has 2 amide bonds. The third-order valence-electron chi connectivity index (χ3n) is 4.99. The summed E-state index contributed by atoms with van der Waals surface area (Å²) in [4.78, 5) is 31.4. The number of carbonyl (C=O) groups excluding carboxylic acids is 2. The van der Waals surface area contributed by atoms with Crippen LogP contribution in [0.15, 0.2) is 22.0 Å². The lowest BCUT2D eigenvalue weighted by Gasteiger charge is -2.45. The third-order valence-corrected chi connectivity index (χ3v) is 4.99. The van der Waals surface area contributed by atoms with Crippen LogP contribution in [0.5, 0.6) is 0 Å². The Bertz CT molecular complexity index is 957. The van der Waals surface area contributed by atoms with Gasteiger partial charge in [-0.3, -0.25) is 15.6 Å². The molecular formula is C22H39N9O9. The van der Waals surface area contributed by atoms with Crippen LogP contribution >= 0.6 is 0 Å². The first-order chi connectivity index (χ1) is 18.6. The van der Waals surface area contributed by atoms with Gasteiger partial charge in [-0.05, 0) is 47.1 Å². The number of ether oxygens (including phenoxy) is 4. The van der Waals surface area contributed by atoms with Crippen LogP contribution in [0.4, 0.5) is 9.59 Å². The Morgan fingerprint density at radius 2 is 1.73 bits per heavy atom. The Balaban J connectivity index is 2.19. The molecule has 0 bridgehead atoms. The van der Waals surface area contributed by atoms with Gasteiger partial charge in [-0.1, -0.05) is 5.11 Å². The zero-order valence-electron chi connectivity index (χ0n) is 23.3. The van der Waals surface area contributed by atoms with Crippen molar-refractivity contribution in [2.24, 2.45) is 10.1 Å². The number of hydrazine groups is 2. The lowest BCUT2D eigenvalue weighted by Crippen LogP contribution is -2.66. The third kappa shape index (κ3) is 10.6. The van der Waals surface area contributed by atoms with Crippen molar-refractivity contribution < 1.29 is 43.9 Å². The summed E-state index contributed by atoms with van der Waals surface area (Å²) in [5.74, 6) is -0.244. The van der Waals surface area contributed by atoms with E-state index >= 15 is 0 Å². The first-order valence-electron chi connectivity index (χ1n) is 12.4. The quantitative estimate of drug-likeness (QED) is 0.0494. The molecule has 0 spiro atoms. The van der Waals surface area contributed by atoms with E-state index < -0.39 is 60.6 Å². The predicted molar refractivity (Wildman–Crippen MR) is 139 cm³/mol. The van der Waals surface area contributed by atoms with Crippen molar-refractivity contribution in [1.29, 1.82) is 0 Å². The van der Waals surface area contributed by atoms with Crippen LogP contribution in [-0.4, -0.2) is 107 Å². The fourth-order valence-electron chi connectivity index (χ4n) is 3.44. The number of nitrogens with one attached hydrogen (secondary N) is 4. The molecule has 2 rings (SSSR count). The van der Waals surface area contributed by atoms with Gasteiger partial charge in [-0.25, -0.2) is 14.6 Å². The van der Waals surface area contributed by atoms with Gasteiger partial charge in [0, 0.05) is 17.7 Å². The zero-order valence-corrected chi connectivity index (χ0v) is 23.3. The van der Waals surface area contributed by atoms with Crippen molar-refractivity contribution in [2.45, 2.75) is 83.4 Å². The summed E-state index contributed by atoms with van der Waals surface area (Å²) in [5, 5.41) is 40.2. The van der Waals surface area contributed by atoms with E-state index in [0.717, 1.165) is 0 Å². The lowest BCUT2D eigenvalue weighted by molar-refractivity contribution is -0.286. The number of carbonyl (C=O) groups is 2. The molecule has 2 heterocycles. The Morgan fingerprint density at radius 1 is 1.12 bits per heavy atom. The van der Waals surface area contributed by atoms with Crippen LogP contribution in [0.25, 0.3) is 10.4 Å². The van der Waals surface area contributed by atoms with Crippen LogP contribution in [0.2, 0.25) is 0 Å². The second-order valence-corrected chi connectivity index (χ2v) is 10.7. The van der Waals surface area contributed by atoms with Crippen molar-refractivity contribution >= 4 is 18.1 Å². The Morgan fingerprint density at radius 3 is 2.25 bits per heavy atom. The van der Waals surface area contributed by atoms with Gasteiger partial charge >= 0.3 is 12.2 Å². The maximum absolute atomic E-state index is 12.3. The number of hydrogen-bond acceptors (Lipinski definition) is 14. The van der Waals surface area contributed by atoms with Crippen molar-refractivity contribution in [1.82, 2.24) is 26.6 Å². The van der Waals surface area contributed by atoms with E-state index in [1.165, 1.54) is 11.2 Å². The highest BCUT2D eigenvalue weighted by Crippen LogP contribution is 2.26. The number of aliphatic hydroxyl groups excluding tert-OH is 3. The highest BCUT2D eigenvalue weighted by atomic mass is 16.7. The molecule has 2 unspecified atom stereocenters. The number of aliphatic hydroxyl groups is 3. The number of nitrogens with zero attached hydrogens (tertiary/aromatic N) is 5. The first-order valence-corrected chi connectivity index (χ1v) is 12.4. The van der Waals surface area contributed by atoms with Gasteiger partial charge in [0.15, 0.2) is 6.29 Å². The summed E-state index contributed by atoms with van der Waals surface area (Å²) in [7, 11) is 0. The van der Waals surface area contributed by atoms with Crippen LogP contribution in [0.1, 0.15) is 41.5 Å². The summed E-state index contributed by atoms with van der Waals surface area (Å²) < 4.78 is 21.7. The van der Waals surface area contributed by atoms with Gasteiger partial charge in [-0.15, -0.1) is 5.53 Å². The van der Waals surface area contributed by atoms with E-state index in [9.17, 15) is 24.9 Å². The molecule has 5 atom stereocenters. The van der Waals surface area contributed by atoms with Crippen LogP contribution in [0.3, 0.4) is 0 Å². The zero-order chi connectivity index (χ0) is 30.1. The molecule has 18 heteroatoms. The normalized spacial score (nSPS) is 24.7. The van der Waals surface area contributed by atoms with Crippen molar-refractivity contribution in [3.05, 3.63) is 22.3 Å². The molecule has 0 aliphatic carbocycles. The molecule has 0 saturated carbocycles. The average Bonchev–Trinajstić information content (AvgIpc) is 3.28. The summed E-state index contributed by atoms with van der Waals surface area (Å²) in [5.41, 5.74) is 12.9. The van der Waals surface area contributed by atoms with Gasteiger partial charge in [0.2, 0.25) is 5.96 Å². The number of alkyl carbamates (subject to hydrolysis) is 2. The SMILES string of the molecule is CC(C)(C)OC(=O)NC(=NCC1=CN(C2[C@@H](OCCN=[N+]=[N-])OC(CO)[C@@H](O)[C@@H]2O)NN1)NC(=O)OC(C)(C)C. The van der Waals surface area contributed by atoms with E-state index in [-0.39, 0.29) is 25.7 Å². The Hall–Kier alpha value is -3.38. The summed E-state index contributed by atoms with van der Waals surface area (Å²) >= 11 is 0. The lowest BCUT2D eigenvalue weighted by atomic mass is 9.96. The smallest absolute Gasteiger partial charge is 0.414 e.